The third-order valence-corrected chi connectivity index (χ3v) is 5.99. The van der Waals surface area contributed by atoms with Gasteiger partial charge in [-0.1, -0.05) is 36.0 Å². The predicted octanol–water partition coefficient (Wildman–Crippen LogP) is 4.34. The Hall–Kier alpha value is -3.77. The molecule has 8 nitrogen and oxygen atoms in total. The minimum absolute atomic E-state index is 0.0756. The van der Waals surface area contributed by atoms with Gasteiger partial charge < -0.3 is 19.4 Å². The summed E-state index contributed by atoms with van der Waals surface area (Å²) in [6, 6.07) is 17.1. The summed E-state index contributed by atoms with van der Waals surface area (Å²) in [5.74, 6) is 1.60. The quantitative estimate of drug-likeness (QED) is 0.265. The molecule has 0 aliphatic carbocycles. The summed E-state index contributed by atoms with van der Waals surface area (Å²) in [5, 5.41) is 29.2. The molecule has 2 N–H and O–H groups in total. The zero-order valence-electron chi connectivity index (χ0n) is 17.2. The van der Waals surface area contributed by atoms with Crippen LogP contribution in [0.25, 0.3) is 28.0 Å². The van der Waals surface area contributed by atoms with Crippen molar-refractivity contribution in [2.45, 2.75) is 17.3 Å². The van der Waals surface area contributed by atoms with Gasteiger partial charge in [0.15, 0.2) is 16.8 Å². The lowest BCUT2D eigenvalue weighted by atomic mass is 10.2. The molecule has 0 fully saturated rings. The second-order valence-electron chi connectivity index (χ2n) is 6.80. The Balaban J connectivity index is 1.63. The predicted molar refractivity (Wildman–Crippen MR) is 120 cm³/mol. The number of benzene rings is 2. The molecule has 9 heteroatoms. The van der Waals surface area contributed by atoms with E-state index in [0.29, 0.717) is 22.6 Å². The first kappa shape index (κ1) is 20.5. The minimum Gasteiger partial charge on any atom is -0.510 e. The highest BCUT2D eigenvalue weighted by molar-refractivity contribution is 7.99. The number of nitrogens with one attached hydrogen (secondary N) is 1. The standard InChI is InChI=1S/C22H20N6O2S/c1-13(19(29)15(12-23)20-24-16-9-5-6-10-17(16)25-20)31-22-27-26-21(28(22)2)14-8-4-7-11-18(14)30-3/h4-11,13,29H,1-3H3,(H,24,25)/b19-15-. The van der Waals surface area contributed by atoms with Crippen molar-refractivity contribution in [3.63, 3.8) is 0 Å². The third kappa shape index (κ3) is 3.85. The van der Waals surface area contributed by atoms with E-state index in [9.17, 15) is 10.4 Å². The van der Waals surface area contributed by atoms with Crippen LogP contribution < -0.4 is 4.74 Å². The number of ether oxygens (including phenoxy) is 1. The van der Waals surface area contributed by atoms with Crippen LogP contribution in [0.15, 0.2) is 59.4 Å². The molecule has 1 atom stereocenters. The van der Waals surface area contributed by atoms with Crippen LogP contribution >= 0.6 is 11.8 Å². The number of allylic oxidation sites excluding steroid dienone is 1. The molecule has 0 aliphatic heterocycles. The molecular weight excluding hydrogens is 412 g/mol. The summed E-state index contributed by atoms with van der Waals surface area (Å²) < 4.78 is 7.25. The lowest BCUT2D eigenvalue weighted by molar-refractivity contribution is 0.401. The Labute approximate surface area is 183 Å². The first-order chi connectivity index (χ1) is 15.0. The molecule has 2 aromatic heterocycles. The number of hydrogen-bond acceptors (Lipinski definition) is 7. The number of H-pyrrole nitrogens is 1. The van der Waals surface area contributed by atoms with Crippen LogP contribution in [0.5, 0.6) is 5.75 Å². The molecule has 156 valence electrons. The van der Waals surface area contributed by atoms with Gasteiger partial charge in [-0.05, 0) is 31.2 Å². The highest BCUT2D eigenvalue weighted by Gasteiger charge is 2.22. The summed E-state index contributed by atoms with van der Waals surface area (Å²) in [4.78, 5) is 7.51. The number of nitrogens with zero attached hydrogens (tertiary/aromatic N) is 5. The molecular formula is C22H20N6O2S. The van der Waals surface area contributed by atoms with E-state index in [1.165, 1.54) is 11.8 Å². The van der Waals surface area contributed by atoms with E-state index >= 15 is 0 Å². The molecule has 0 radical (unpaired) electrons. The summed E-state index contributed by atoms with van der Waals surface area (Å²) in [6.07, 6.45) is 0. The summed E-state index contributed by atoms with van der Waals surface area (Å²) in [7, 11) is 3.46. The third-order valence-electron chi connectivity index (χ3n) is 4.84. The second kappa shape index (κ2) is 8.53. The van der Waals surface area contributed by atoms with Crippen molar-refractivity contribution in [2.75, 3.05) is 7.11 Å². The van der Waals surface area contributed by atoms with Crippen LogP contribution in [0.4, 0.5) is 0 Å². The second-order valence-corrected chi connectivity index (χ2v) is 8.11. The maximum Gasteiger partial charge on any atom is 0.191 e. The molecule has 2 heterocycles. The number of aromatic nitrogens is 5. The fourth-order valence-electron chi connectivity index (χ4n) is 3.20. The van der Waals surface area contributed by atoms with Crippen molar-refractivity contribution in [1.29, 1.82) is 5.26 Å². The number of thioether (sulfide) groups is 1. The maximum atomic E-state index is 10.8. The highest BCUT2D eigenvalue weighted by Crippen LogP contribution is 2.33. The molecule has 0 aliphatic rings. The van der Waals surface area contributed by atoms with E-state index in [0.717, 1.165) is 16.6 Å². The number of methoxy groups -OCH3 is 1. The van der Waals surface area contributed by atoms with Gasteiger partial charge in [0.05, 0.1) is 29.0 Å². The molecule has 0 bridgehead atoms. The number of fused-ring (bicyclic) bond motifs is 1. The van der Waals surface area contributed by atoms with Gasteiger partial charge in [-0.25, -0.2) is 4.98 Å². The molecule has 31 heavy (non-hydrogen) atoms. The smallest absolute Gasteiger partial charge is 0.191 e. The van der Waals surface area contributed by atoms with Crippen molar-refractivity contribution in [3.05, 3.63) is 60.1 Å². The number of para-hydroxylation sites is 3. The number of rotatable bonds is 6. The first-order valence-corrected chi connectivity index (χ1v) is 10.4. The van der Waals surface area contributed by atoms with Gasteiger partial charge in [0.2, 0.25) is 0 Å². The molecule has 4 aromatic rings. The van der Waals surface area contributed by atoms with Gasteiger partial charge >= 0.3 is 0 Å². The minimum atomic E-state index is -0.448. The van der Waals surface area contributed by atoms with Gasteiger partial charge in [0.25, 0.3) is 0 Å². The van der Waals surface area contributed by atoms with E-state index in [-0.39, 0.29) is 11.3 Å². The number of nitriles is 1. The van der Waals surface area contributed by atoms with Crippen LogP contribution in [0, 0.1) is 11.3 Å². The normalized spacial score (nSPS) is 13.0. The largest absolute Gasteiger partial charge is 0.510 e. The van der Waals surface area contributed by atoms with Crippen molar-refractivity contribution < 1.29 is 9.84 Å². The van der Waals surface area contributed by atoms with E-state index in [1.807, 2.05) is 60.1 Å². The van der Waals surface area contributed by atoms with Gasteiger partial charge in [0.1, 0.15) is 23.2 Å². The lowest BCUT2D eigenvalue weighted by Gasteiger charge is -2.12. The molecule has 0 saturated heterocycles. The van der Waals surface area contributed by atoms with E-state index in [4.69, 9.17) is 4.74 Å². The number of aliphatic hydroxyl groups excluding tert-OH is 1. The van der Waals surface area contributed by atoms with Gasteiger partial charge in [-0.3, -0.25) is 0 Å². The zero-order valence-corrected chi connectivity index (χ0v) is 18.0. The molecule has 2 aromatic carbocycles. The van der Waals surface area contributed by atoms with Crippen LogP contribution in [0.3, 0.4) is 0 Å². The Morgan fingerprint density at radius 1 is 1.19 bits per heavy atom. The van der Waals surface area contributed by atoms with Gasteiger partial charge in [-0.15, -0.1) is 10.2 Å². The Morgan fingerprint density at radius 3 is 2.68 bits per heavy atom. The van der Waals surface area contributed by atoms with Gasteiger partial charge in [0, 0.05) is 7.05 Å². The van der Waals surface area contributed by atoms with Gasteiger partial charge in [-0.2, -0.15) is 5.26 Å². The molecule has 0 saturated carbocycles. The van der Waals surface area contributed by atoms with Crippen molar-refractivity contribution >= 4 is 28.4 Å². The molecule has 0 amide bonds. The molecule has 4 rings (SSSR count). The Kier molecular flexibility index (Phi) is 5.64. The fraction of sp³-hybridized carbons (Fsp3) is 0.182. The topological polar surface area (TPSA) is 113 Å². The van der Waals surface area contributed by atoms with Crippen molar-refractivity contribution in [1.82, 2.24) is 24.7 Å². The van der Waals surface area contributed by atoms with Crippen molar-refractivity contribution in [3.8, 4) is 23.2 Å². The van der Waals surface area contributed by atoms with Crippen LogP contribution in [-0.4, -0.2) is 42.2 Å². The summed E-state index contributed by atoms with van der Waals surface area (Å²) in [5.41, 5.74) is 2.45. The fourth-order valence-corrected chi connectivity index (χ4v) is 4.08. The first-order valence-electron chi connectivity index (χ1n) is 9.51. The highest BCUT2D eigenvalue weighted by atomic mass is 32.2. The lowest BCUT2D eigenvalue weighted by Crippen LogP contribution is -2.07. The van der Waals surface area contributed by atoms with Crippen molar-refractivity contribution in [2.24, 2.45) is 7.05 Å². The van der Waals surface area contributed by atoms with E-state index in [2.05, 4.69) is 26.2 Å². The molecule has 0 spiro atoms. The SMILES string of the molecule is COc1ccccc1-c1nnc(SC(C)/C(O)=C(\C#N)c2nc3ccccc3[nH]2)n1C. The number of hydrogen-bond donors (Lipinski definition) is 2. The number of aromatic amines is 1. The van der Waals surface area contributed by atoms with Crippen LogP contribution in [0.2, 0.25) is 0 Å². The number of aliphatic hydroxyl groups is 1. The monoisotopic (exact) mass is 432 g/mol. The zero-order chi connectivity index (χ0) is 22.0. The van der Waals surface area contributed by atoms with Crippen LogP contribution in [0.1, 0.15) is 12.7 Å². The average Bonchev–Trinajstić information content (AvgIpc) is 3.37. The van der Waals surface area contributed by atoms with E-state index < -0.39 is 5.25 Å². The Morgan fingerprint density at radius 2 is 1.94 bits per heavy atom. The Bertz CT molecular complexity index is 1280. The van der Waals surface area contributed by atoms with Crippen LogP contribution in [-0.2, 0) is 7.05 Å². The maximum absolute atomic E-state index is 10.8. The summed E-state index contributed by atoms with van der Waals surface area (Å²) in [6.45, 7) is 1.80. The number of imidazole rings is 1. The van der Waals surface area contributed by atoms with E-state index in [1.54, 1.807) is 14.0 Å². The molecule has 1 unspecified atom stereocenters. The summed E-state index contributed by atoms with van der Waals surface area (Å²) >= 11 is 1.30. The average molecular weight is 433 g/mol.